The number of hydrogen-bond donors (Lipinski definition) is 2. The van der Waals surface area contributed by atoms with Crippen LogP contribution in [0.4, 0.5) is 0 Å². The normalized spacial score (nSPS) is 11.7. The highest BCUT2D eigenvalue weighted by Crippen LogP contribution is 2.25. The molecular weight excluding hydrogens is 287 g/mol. The summed E-state index contributed by atoms with van der Waals surface area (Å²) in [5.41, 5.74) is 6.51. The molecule has 1 aromatic rings. The van der Waals surface area contributed by atoms with E-state index in [9.17, 15) is 4.79 Å². The summed E-state index contributed by atoms with van der Waals surface area (Å²) in [5, 5.41) is 3.33. The number of halogens is 2. The Bertz CT molecular complexity index is 425. The molecule has 0 spiro atoms. The predicted octanol–water partition coefficient (Wildman–Crippen LogP) is 2.37. The fourth-order valence-corrected chi connectivity index (χ4v) is 1.73. The van der Waals surface area contributed by atoms with Crippen molar-refractivity contribution in [3.63, 3.8) is 0 Å². The van der Waals surface area contributed by atoms with E-state index in [1.54, 1.807) is 25.3 Å². The summed E-state index contributed by atoms with van der Waals surface area (Å²) in [6, 6.07) is 4.84. The monoisotopic (exact) mass is 306 g/mol. The summed E-state index contributed by atoms with van der Waals surface area (Å²) < 4.78 is 5.20. The zero-order valence-electron chi connectivity index (χ0n) is 11.3. The number of hydrogen-bond acceptors (Lipinski definition) is 3. The third-order valence-electron chi connectivity index (χ3n) is 2.76. The van der Waals surface area contributed by atoms with E-state index in [-0.39, 0.29) is 24.2 Å². The molecule has 0 aromatic heterocycles. The Hall–Kier alpha value is -0.970. The van der Waals surface area contributed by atoms with Crippen LogP contribution in [0.3, 0.4) is 0 Å². The number of nitrogens with one attached hydrogen (secondary N) is 1. The second-order valence-electron chi connectivity index (χ2n) is 4.41. The Balaban J connectivity index is 0.00000324. The van der Waals surface area contributed by atoms with Crippen molar-refractivity contribution in [2.75, 3.05) is 7.11 Å². The summed E-state index contributed by atoms with van der Waals surface area (Å²) in [6.07, 6.45) is 0. The lowest BCUT2D eigenvalue weighted by molar-refractivity contribution is -0.123. The van der Waals surface area contributed by atoms with Crippen molar-refractivity contribution in [2.24, 2.45) is 11.7 Å². The number of ether oxygens (including phenoxy) is 1. The minimum atomic E-state index is -0.515. The van der Waals surface area contributed by atoms with Gasteiger partial charge in [-0.15, -0.1) is 12.4 Å². The van der Waals surface area contributed by atoms with Crippen LogP contribution in [0.1, 0.15) is 19.4 Å². The highest BCUT2D eigenvalue weighted by molar-refractivity contribution is 6.31. The number of amides is 1. The molecule has 0 aliphatic carbocycles. The largest absolute Gasteiger partial charge is 0.496 e. The Morgan fingerprint density at radius 3 is 2.63 bits per heavy atom. The van der Waals surface area contributed by atoms with Gasteiger partial charge < -0.3 is 15.8 Å². The van der Waals surface area contributed by atoms with Crippen molar-refractivity contribution < 1.29 is 9.53 Å². The molecule has 0 aliphatic heterocycles. The van der Waals surface area contributed by atoms with Crippen molar-refractivity contribution >= 4 is 29.9 Å². The molecule has 0 aliphatic rings. The maximum Gasteiger partial charge on any atom is 0.237 e. The molecule has 19 heavy (non-hydrogen) atoms. The third kappa shape index (κ3) is 4.90. The highest BCUT2D eigenvalue weighted by atomic mass is 35.5. The molecule has 0 saturated carbocycles. The Labute approximate surface area is 125 Å². The molecule has 1 amide bonds. The van der Waals surface area contributed by atoms with E-state index in [4.69, 9.17) is 22.1 Å². The lowest BCUT2D eigenvalue weighted by atomic mass is 10.0. The number of methoxy groups -OCH3 is 1. The van der Waals surface area contributed by atoms with E-state index >= 15 is 0 Å². The van der Waals surface area contributed by atoms with E-state index < -0.39 is 6.04 Å². The molecule has 0 radical (unpaired) electrons. The average molecular weight is 307 g/mol. The fraction of sp³-hybridized carbons (Fsp3) is 0.462. The second-order valence-corrected chi connectivity index (χ2v) is 4.82. The van der Waals surface area contributed by atoms with Crippen LogP contribution in [-0.2, 0) is 11.3 Å². The summed E-state index contributed by atoms with van der Waals surface area (Å²) in [5.74, 6) is 0.561. The van der Waals surface area contributed by atoms with Crippen LogP contribution < -0.4 is 15.8 Å². The van der Waals surface area contributed by atoms with Crippen molar-refractivity contribution in [1.29, 1.82) is 0 Å². The summed E-state index contributed by atoms with van der Waals surface area (Å²) in [4.78, 5) is 11.7. The van der Waals surface area contributed by atoms with Crippen molar-refractivity contribution in [3.8, 4) is 5.75 Å². The topological polar surface area (TPSA) is 64.3 Å². The number of benzene rings is 1. The van der Waals surface area contributed by atoms with Gasteiger partial charge >= 0.3 is 0 Å². The molecule has 108 valence electrons. The van der Waals surface area contributed by atoms with Gasteiger partial charge in [-0.1, -0.05) is 31.5 Å². The number of carbonyl (C=O) groups excluding carboxylic acids is 1. The minimum Gasteiger partial charge on any atom is -0.496 e. The van der Waals surface area contributed by atoms with Gasteiger partial charge in [-0.05, 0) is 18.1 Å². The van der Waals surface area contributed by atoms with Crippen LogP contribution in [-0.4, -0.2) is 19.1 Å². The van der Waals surface area contributed by atoms with Gasteiger partial charge in [-0.3, -0.25) is 4.79 Å². The minimum absolute atomic E-state index is 0. The van der Waals surface area contributed by atoms with Crippen LogP contribution in [0, 0.1) is 5.92 Å². The molecule has 0 bridgehead atoms. The zero-order chi connectivity index (χ0) is 13.7. The molecule has 4 nitrogen and oxygen atoms in total. The second kappa shape index (κ2) is 8.25. The highest BCUT2D eigenvalue weighted by Gasteiger charge is 2.17. The molecule has 1 unspecified atom stereocenters. The van der Waals surface area contributed by atoms with Gasteiger partial charge in [-0.25, -0.2) is 0 Å². The van der Waals surface area contributed by atoms with Crippen molar-refractivity contribution in [3.05, 3.63) is 28.8 Å². The van der Waals surface area contributed by atoms with E-state index in [0.29, 0.717) is 17.3 Å². The summed E-state index contributed by atoms with van der Waals surface area (Å²) in [7, 11) is 1.57. The maximum atomic E-state index is 11.7. The van der Waals surface area contributed by atoms with Crippen LogP contribution in [0.15, 0.2) is 18.2 Å². The van der Waals surface area contributed by atoms with Crippen molar-refractivity contribution in [2.45, 2.75) is 26.4 Å². The molecule has 3 N–H and O–H groups in total. The molecule has 0 fully saturated rings. The lowest BCUT2D eigenvalue weighted by Gasteiger charge is -2.16. The average Bonchev–Trinajstić information content (AvgIpc) is 2.35. The van der Waals surface area contributed by atoms with Gasteiger partial charge in [0.2, 0.25) is 5.91 Å². The van der Waals surface area contributed by atoms with Gasteiger partial charge in [0.15, 0.2) is 0 Å². The maximum absolute atomic E-state index is 11.7. The smallest absolute Gasteiger partial charge is 0.237 e. The first kappa shape index (κ1) is 18.0. The van der Waals surface area contributed by atoms with Gasteiger partial charge in [-0.2, -0.15) is 0 Å². The van der Waals surface area contributed by atoms with Crippen molar-refractivity contribution in [1.82, 2.24) is 5.32 Å². The van der Waals surface area contributed by atoms with Gasteiger partial charge in [0, 0.05) is 17.1 Å². The quantitative estimate of drug-likeness (QED) is 0.878. The first-order valence-corrected chi connectivity index (χ1v) is 6.19. The zero-order valence-corrected chi connectivity index (χ0v) is 12.8. The number of rotatable bonds is 5. The van der Waals surface area contributed by atoms with E-state index in [1.165, 1.54) is 0 Å². The number of carbonyl (C=O) groups is 1. The SMILES string of the molecule is COc1cccc(Cl)c1CNC(=O)C(N)C(C)C.Cl. The third-order valence-corrected chi connectivity index (χ3v) is 3.11. The van der Waals surface area contributed by atoms with Gasteiger partial charge in [0.05, 0.1) is 13.2 Å². The van der Waals surface area contributed by atoms with Gasteiger partial charge in [0.1, 0.15) is 5.75 Å². The van der Waals surface area contributed by atoms with Crippen LogP contribution in [0.5, 0.6) is 5.75 Å². The van der Waals surface area contributed by atoms with Crippen LogP contribution >= 0.6 is 24.0 Å². The van der Waals surface area contributed by atoms with E-state index in [0.717, 1.165) is 5.56 Å². The fourth-order valence-electron chi connectivity index (χ4n) is 1.50. The van der Waals surface area contributed by atoms with Crippen LogP contribution in [0.25, 0.3) is 0 Å². The van der Waals surface area contributed by atoms with E-state index in [1.807, 2.05) is 13.8 Å². The molecule has 0 heterocycles. The number of nitrogens with two attached hydrogens (primary N) is 1. The Kier molecular flexibility index (Phi) is 7.83. The summed E-state index contributed by atoms with van der Waals surface area (Å²) >= 11 is 6.07. The molecular formula is C13H20Cl2N2O2. The van der Waals surface area contributed by atoms with Crippen LogP contribution in [0.2, 0.25) is 5.02 Å². The molecule has 1 atom stereocenters. The predicted molar refractivity (Wildman–Crippen MR) is 79.9 cm³/mol. The molecule has 6 heteroatoms. The Morgan fingerprint density at radius 1 is 1.47 bits per heavy atom. The lowest BCUT2D eigenvalue weighted by Crippen LogP contribution is -2.43. The first-order chi connectivity index (χ1) is 8.47. The van der Waals surface area contributed by atoms with E-state index in [2.05, 4.69) is 5.32 Å². The summed E-state index contributed by atoms with van der Waals surface area (Å²) in [6.45, 7) is 4.11. The molecule has 0 saturated heterocycles. The standard InChI is InChI=1S/C13H19ClN2O2.ClH/c1-8(2)12(15)13(17)16-7-9-10(14)5-4-6-11(9)18-3;/h4-6,8,12H,7,15H2,1-3H3,(H,16,17);1H. The first-order valence-electron chi connectivity index (χ1n) is 5.82. The molecule has 1 rings (SSSR count). The Morgan fingerprint density at radius 2 is 2.11 bits per heavy atom. The van der Waals surface area contributed by atoms with Gasteiger partial charge in [0.25, 0.3) is 0 Å². The molecule has 1 aromatic carbocycles.